The molecule has 506 valence electrons. The lowest BCUT2D eigenvalue weighted by atomic mass is 9.86. The highest BCUT2D eigenvalue weighted by Crippen LogP contribution is 2.43. The number of imide groups is 1. The molecule has 2 aromatic heterocycles. The lowest BCUT2D eigenvalue weighted by molar-refractivity contribution is -0.172. The SMILES string of the molecule is CC[C@@]1(O)C(=O)OCc2c1cc1n(c2=O)Cc2c-1nc1cc3c(cc1c2CNC(=O)CNC(=O)[C@H](CCCCN)NC(=O)[C@@H](NC(=O)CCOCCOCCOCCOCCOCCOCCOCCOCCNC(=O)[C@H](CN)N1C(=O)C=CC1=O)C(C)C)OCO3. The Bertz CT molecular complexity index is 3130. The topological polar surface area (TPSA) is 409 Å². The Labute approximate surface area is 531 Å². The van der Waals surface area contributed by atoms with Gasteiger partial charge < -0.3 is 99.8 Å². The third-order valence-electron chi connectivity index (χ3n) is 15.3. The van der Waals surface area contributed by atoms with Crippen molar-refractivity contribution < 1.29 is 95.6 Å². The fraction of sp³-hybridized carbons (Fsp3) is 0.607. The number of nitrogens with zero attached hydrogens (tertiary/aromatic N) is 3. The zero-order chi connectivity index (χ0) is 66.0. The minimum absolute atomic E-state index is 0.00652. The largest absolute Gasteiger partial charge is 0.458 e. The van der Waals surface area contributed by atoms with Crippen LogP contribution in [-0.2, 0) is 106 Å². The molecule has 4 atom stereocenters. The van der Waals surface area contributed by atoms with Crippen molar-refractivity contribution in [2.45, 2.75) is 96.3 Å². The number of fused-ring (bicyclic) bond motifs is 6. The molecule has 7 amide bonds. The highest BCUT2D eigenvalue weighted by Gasteiger charge is 2.46. The smallest absolute Gasteiger partial charge is 0.343 e. The highest BCUT2D eigenvalue weighted by atomic mass is 16.7. The molecule has 1 aromatic carbocycles. The first-order valence-electron chi connectivity index (χ1n) is 30.9. The quantitative estimate of drug-likeness (QED) is 0.0137. The predicted octanol–water partition coefficient (Wildman–Crippen LogP) is -1.81. The fourth-order valence-corrected chi connectivity index (χ4v) is 10.3. The number of esters is 1. The van der Waals surface area contributed by atoms with Crippen LogP contribution in [0.15, 0.2) is 35.1 Å². The molecule has 0 unspecified atom stereocenters. The summed E-state index contributed by atoms with van der Waals surface area (Å²) in [6, 6.07) is 1.90. The molecule has 4 aliphatic heterocycles. The number of nitrogens with two attached hydrogens (primary N) is 2. The van der Waals surface area contributed by atoms with Crippen molar-refractivity contribution in [3.8, 4) is 22.9 Å². The van der Waals surface area contributed by atoms with E-state index in [0.29, 0.717) is 144 Å². The molecule has 0 saturated heterocycles. The number of benzene rings is 1. The number of rotatable bonds is 44. The first-order valence-corrected chi connectivity index (χ1v) is 30.9. The van der Waals surface area contributed by atoms with Gasteiger partial charge in [-0.3, -0.25) is 43.3 Å². The average Bonchev–Trinajstić information content (AvgIpc) is 1.51. The summed E-state index contributed by atoms with van der Waals surface area (Å²) in [5.74, 6) is -4.20. The normalized spacial score (nSPS) is 16.3. The van der Waals surface area contributed by atoms with Gasteiger partial charge in [0.05, 0.1) is 141 Å². The molecule has 0 fully saturated rings. The molecule has 3 aromatic rings. The van der Waals surface area contributed by atoms with Crippen molar-refractivity contribution in [2.24, 2.45) is 17.4 Å². The van der Waals surface area contributed by atoms with E-state index in [1.165, 1.54) is 4.57 Å². The summed E-state index contributed by atoms with van der Waals surface area (Å²) in [6.07, 6.45) is 3.38. The number of carbonyl (C=O) groups excluding carboxylic acids is 8. The van der Waals surface area contributed by atoms with Gasteiger partial charge in [0, 0.05) is 60.8 Å². The van der Waals surface area contributed by atoms with Gasteiger partial charge in [-0.1, -0.05) is 20.8 Å². The van der Waals surface area contributed by atoms with Gasteiger partial charge in [0.25, 0.3) is 17.4 Å². The van der Waals surface area contributed by atoms with Gasteiger partial charge in [0.2, 0.25) is 36.3 Å². The fourth-order valence-electron chi connectivity index (χ4n) is 10.3. The van der Waals surface area contributed by atoms with Crippen molar-refractivity contribution >= 4 is 58.2 Å². The van der Waals surface area contributed by atoms with Crippen LogP contribution in [0.25, 0.3) is 22.3 Å². The summed E-state index contributed by atoms with van der Waals surface area (Å²) >= 11 is 0. The summed E-state index contributed by atoms with van der Waals surface area (Å²) in [4.78, 5) is 123. The Morgan fingerprint density at radius 3 is 1.82 bits per heavy atom. The number of carbonyl (C=O) groups is 8. The van der Waals surface area contributed by atoms with Crippen molar-refractivity contribution in [1.82, 2.24) is 41.0 Å². The maximum atomic E-state index is 14.0. The maximum Gasteiger partial charge on any atom is 0.343 e. The molecule has 0 radical (unpaired) electrons. The van der Waals surface area contributed by atoms with E-state index >= 15 is 0 Å². The molecule has 6 heterocycles. The monoisotopic (exact) mass is 1290 g/mol. The van der Waals surface area contributed by atoms with Crippen molar-refractivity contribution in [1.29, 1.82) is 0 Å². The maximum absolute atomic E-state index is 14.0. The predicted molar refractivity (Wildman–Crippen MR) is 325 cm³/mol. The van der Waals surface area contributed by atoms with Crippen LogP contribution in [0.3, 0.4) is 0 Å². The molecule has 10 N–H and O–H groups in total. The molecule has 0 bridgehead atoms. The molecule has 92 heavy (non-hydrogen) atoms. The molecule has 31 nitrogen and oxygen atoms in total. The van der Waals surface area contributed by atoms with Crippen LogP contribution >= 0.6 is 0 Å². The van der Waals surface area contributed by atoms with E-state index in [0.717, 1.165) is 17.1 Å². The third-order valence-corrected chi connectivity index (χ3v) is 15.3. The Morgan fingerprint density at radius 1 is 0.674 bits per heavy atom. The van der Waals surface area contributed by atoms with Crippen LogP contribution in [0.2, 0.25) is 0 Å². The standard InChI is InChI=1S/C61H86N10O21/c1-4-61(81)43-30-46-55-41(35-70(46)59(79)42(43)36-90-60(61)80)40(39-29-48-49(92-37-91-48)31-45(39)67-55)33-65-51(73)34-66-56(76)44(7-5-6-11-62)68-58(78)54(38(2)3)69-50(72)10-13-82-15-17-84-19-21-86-23-25-88-27-28-89-26-24-87-22-20-85-18-16-83-14-12-64-57(77)47(32-63)71-52(74)8-9-53(71)75/h8-9,29-31,38,44,47,54,81H,4-7,10-28,32-37,62-63H2,1-3H3,(H,64,77)(H,65,73)(H,66,76)(H,68,78)(H,69,72)/t44-,47-,54-,61-/m0/s1. The Kier molecular flexibility index (Phi) is 28.6. The number of amides is 7. The second kappa shape index (κ2) is 36.6. The second-order valence-corrected chi connectivity index (χ2v) is 21.9. The van der Waals surface area contributed by atoms with Crippen molar-refractivity contribution in [3.63, 3.8) is 0 Å². The zero-order valence-electron chi connectivity index (χ0n) is 52.3. The van der Waals surface area contributed by atoms with E-state index in [1.807, 2.05) is 0 Å². The molecule has 4 aliphatic rings. The van der Waals surface area contributed by atoms with Crippen molar-refractivity contribution in [3.05, 3.63) is 63.0 Å². The molecule has 0 aliphatic carbocycles. The number of ether oxygens (including phenoxy) is 11. The zero-order valence-corrected chi connectivity index (χ0v) is 52.3. The lowest BCUT2D eigenvalue weighted by Crippen LogP contribution is -2.56. The van der Waals surface area contributed by atoms with Gasteiger partial charge in [-0.05, 0) is 55.8 Å². The van der Waals surface area contributed by atoms with Gasteiger partial charge in [0.1, 0.15) is 24.7 Å². The summed E-state index contributed by atoms with van der Waals surface area (Å²) in [6.45, 7) is 9.74. The van der Waals surface area contributed by atoms with Crippen LogP contribution in [0.4, 0.5) is 0 Å². The summed E-state index contributed by atoms with van der Waals surface area (Å²) in [7, 11) is 0. The molecular formula is C61H86N10O21. The van der Waals surface area contributed by atoms with E-state index in [9.17, 15) is 48.3 Å². The Balaban J connectivity index is 0.713. The van der Waals surface area contributed by atoms with E-state index in [2.05, 4.69) is 26.6 Å². The molecular weight excluding hydrogens is 1210 g/mol. The first kappa shape index (κ1) is 71.9. The molecule has 0 spiro atoms. The van der Waals surface area contributed by atoms with Crippen LogP contribution < -0.4 is 53.1 Å². The summed E-state index contributed by atoms with van der Waals surface area (Å²) < 4.78 is 62.1. The highest BCUT2D eigenvalue weighted by molar-refractivity contribution is 6.15. The van der Waals surface area contributed by atoms with Gasteiger partial charge in [-0.15, -0.1) is 0 Å². The van der Waals surface area contributed by atoms with Crippen LogP contribution in [-0.4, -0.2) is 224 Å². The lowest BCUT2D eigenvalue weighted by Gasteiger charge is -2.31. The second-order valence-electron chi connectivity index (χ2n) is 21.9. The number of pyridine rings is 2. The van der Waals surface area contributed by atoms with Gasteiger partial charge in [-0.25, -0.2) is 9.78 Å². The number of unbranched alkanes of at least 4 members (excludes halogenated alkanes) is 1. The van der Waals surface area contributed by atoms with Crippen LogP contribution in [0, 0.1) is 5.92 Å². The average molecular weight is 1300 g/mol. The molecule has 0 saturated carbocycles. The van der Waals surface area contributed by atoms with E-state index in [4.69, 9.17) is 68.6 Å². The minimum Gasteiger partial charge on any atom is -0.458 e. The molecule has 31 heteroatoms. The number of hydrogen-bond donors (Lipinski definition) is 8. The van der Waals surface area contributed by atoms with Gasteiger partial charge in [-0.2, -0.15) is 0 Å². The number of aromatic nitrogens is 2. The summed E-state index contributed by atoms with van der Waals surface area (Å²) in [5, 5.41) is 25.7. The van der Waals surface area contributed by atoms with Gasteiger partial charge in [0.15, 0.2) is 17.1 Å². The number of hydrogen-bond acceptors (Lipinski definition) is 24. The van der Waals surface area contributed by atoms with E-state index < -0.39 is 83.2 Å². The van der Waals surface area contributed by atoms with E-state index in [1.54, 1.807) is 39.0 Å². The van der Waals surface area contributed by atoms with Crippen molar-refractivity contribution in [2.75, 3.05) is 139 Å². The third kappa shape index (κ3) is 19.7. The summed E-state index contributed by atoms with van der Waals surface area (Å²) in [5.41, 5.74) is 11.7. The first-order chi connectivity index (χ1) is 44.5. The number of nitrogens with one attached hydrogen (secondary N) is 5. The number of aliphatic hydroxyl groups is 1. The number of cyclic esters (lactones) is 1. The Morgan fingerprint density at radius 2 is 1.25 bits per heavy atom. The van der Waals surface area contributed by atoms with E-state index in [-0.39, 0.29) is 102 Å². The Hall–Kier alpha value is -7.56. The van der Waals surface area contributed by atoms with Crippen LogP contribution in [0.5, 0.6) is 11.5 Å². The van der Waals surface area contributed by atoms with Gasteiger partial charge >= 0.3 is 5.97 Å². The van der Waals surface area contributed by atoms with Crippen LogP contribution in [0.1, 0.15) is 75.1 Å². The molecule has 7 rings (SSSR count). The minimum atomic E-state index is -2.03.